The highest BCUT2D eigenvalue weighted by Crippen LogP contribution is 2.24. The van der Waals surface area contributed by atoms with Gasteiger partial charge in [-0.25, -0.2) is 13.9 Å². The standard InChI is InChI=1S/C22H21ClFN3O3/c1-14-6-4-5-7-16(14)12-26(3)19(28)13-30-22(29)20-15(2)25-27(21(20)23)18-10-8-17(24)9-11-18/h4-11H,12-13H2,1-3H3. The Morgan fingerprint density at radius 1 is 1.13 bits per heavy atom. The molecule has 0 N–H and O–H groups in total. The number of carbonyl (C=O) groups excluding carboxylic acids is 2. The van der Waals surface area contributed by atoms with Crippen LogP contribution < -0.4 is 0 Å². The maximum absolute atomic E-state index is 13.1. The van der Waals surface area contributed by atoms with E-state index in [1.807, 2.05) is 31.2 Å². The summed E-state index contributed by atoms with van der Waals surface area (Å²) in [5.41, 5.74) is 2.99. The number of likely N-dealkylation sites (N-methyl/N-ethyl adjacent to an activating group) is 1. The van der Waals surface area contributed by atoms with Crippen molar-refractivity contribution in [1.82, 2.24) is 14.7 Å². The Kier molecular flexibility index (Phi) is 6.52. The number of rotatable bonds is 6. The second kappa shape index (κ2) is 9.09. The summed E-state index contributed by atoms with van der Waals surface area (Å²) in [4.78, 5) is 26.4. The first kappa shape index (κ1) is 21.5. The molecule has 8 heteroatoms. The molecule has 0 saturated carbocycles. The van der Waals surface area contributed by atoms with Crippen LogP contribution in [0.25, 0.3) is 5.69 Å². The number of benzene rings is 2. The van der Waals surface area contributed by atoms with Gasteiger partial charge in [-0.1, -0.05) is 35.9 Å². The first-order valence-corrected chi connectivity index (χ1v) is 9.62. The van der Waals surface area contributed by atoms with Gasteiger partial charge in [0.15, 0.2) is 6.61 Å². The van der Waals surface area contributed by atoms with Crippen molar-refractivity contribution in [3.63, 3.8) is 0 Å². The van der Waals surface area contributed by atoms with Gasteiger partial charge < -0.3 is 9.64 Å². The molecule has 0 aliphatic carbocycles. The molecule has 0 spiro atoms. The lowest BCUT2D eigenvalue weighted by Gasteiger charge is -2.18. The lowest BCUT2D eigenvalue weighted by Crippen LogP contribution is -2.31. The van der Waals surface area contributed by atoms with E-state index in [4.69, 9.17) is 16.3 Å². The molecular weight excluding hydrogens is 409 g/mol. The number of ether oxygens (including phenoxy) is 1. The fourth-order valence-corrected chi connectivity index (χ4v) is 3.27. The Morgan fingerprint density at radius 3 is 2.47 bits per heavy atom. The van der Waals surface area contributed by atoms with Gasteiger partial charge >= 0.3 is 5.97 Å². The summed E-state index contributed by atoms with van der Waals surface area (Å²) in [6, 6.07) is 13.3. The monoisotopic (exact) mass is 429 g/mol. The van der Waals surface area contributed by atoms with E-state index < -0.39 is 18.4 Å². The first-order valence-electron chi connectivity index (χ1n) is 9.24. The molecule has 0 aliphatic rings. The van der Waals surface area contributed by atoms with Crippen molar-refractivity contribution < 1.29 is 18.7 Å². The lowest BCUT2D eigenvalue weighted by molar-refractivity contribution is -0.133. The number of esters is 1. The molecule has 0 aliphatic heterocycles. The van der Waals surface area contributed by atoms with Crippen LogP contribution in [0.1, 0.15) is 27.2 Å². The van der Waals surface area contributed by atoms with E-state index in [0.717, 1.165) is 11.1 Å². The Bertz CT molecular complexity index is 1080. The number of aryl methyl sites for hydroxylation is 2. The predicted molar refractivity (Wildman–Crippen MR) is 111 cm³/mol. The van der Waals surface area contributed by atoms with E-state index >= 15 is 0 Å². The van der Waals surface area contributed by atoms with Gasteiger partial charge in [0.25, 0.3) is 5.91 Å². The van der Waals surface area contributed by atoms with Crippen LogP contribution in [0.3, 0.4) is 0 Å². The molecule has 2 aromatic carbocycles. The summed E-state index contributed by atoms with van der Waals surface area (Å²) in [6.07, 6.45) is 0. The largest absolute Gasteiger partial charge is 0.452 e. The number of amides is 1. The maximum Gasteiger partial charge on any atom is 0.343 e. The molecule has 0 saturated heterocycles. The van der Waals surface area contributed by atoms with Gasteiger partial charge in [0.2, 0.25) is 0 Å². The van der Waals surface area contributed by atoms with Crippen molar-refractivity contribution in [2.75, 3.05) is 13.7 Å². The maximum atomic E-state index is 13.1. The minimum absolute atomic E-state index is 0.0322. The zero-order valence-electron chi connectivity index (χ0n) is 16.9. The molecule has 6 nitrogen and oxygen atoms in total. The normalized spacial score (nSPS) is 10.7. The molecule has 0 bridgehead atoms. The van der Waals surface area contributed by atoms with Crippen LogP contribution in [-0.4, -0.2) is 40.2 Å². The molecule has 1 aromatic heterocycles. The van der Waals surface area contributed by atoms with Crippen molar-refractivity contribution in [3.8, 4) is 5.69 Å². The van der Waals surface area contributed by atoms with E-state index in [0.29, 0.717) is 17.9 Å². The highest BCUT2D eigenvalue weighted by Gasteiger charge is 2.24. The van der Waals surface area contributed by atoms with Crippen LogP contribution in [0.2, 0.25) is 5.15 Å². The van der Waals surface area contributed by atoms with Crippen molar-refractivity contribution in [2.24, 2.45) is 0 Å². The number of hydrogen-bond donors (Lipinski definition) is 0. The highest BCUT2D eigenvalue weighted by molar-refractivity contribution is 6.33. The smallest absolute Gasteiger partial charge is 0.343 e. The second-order valence-corrected chi connectivity index (χ2v) is 7.25. The SMILES string of the molecule is Cc1ccccc1CN(C)C(=O)COC(=O)c1c(C)nn(-c2ccc(F)cc2)c1Cl. The third-order valence-corrected chi connectivity index (χ3v) is 5.05. The Labute approximate surface area is 178 Å². The lowest BCUT2D eigenvalue weighted by atomic mass is 10.1. The van der Waals surface area contributed by atoms with Crippen LogP contribution in [0, 0.1) is 19.7 Å². The van der Waals surface area contributed by atoms with Gasteiger partial charge in [0.1, 0.15) is 16.5 Å². The summed E-state index contributed by atoms with van der Waals surface area (Å²) < 4.78 is 19.6. The van der Waals surface area contributed by atoms with Gasteiger partial charge in [-0.2, -0.15) is 5.10 Å². The van der Waals surface area contributed by atoms with Crippen LogP contribution in [-0.2, 0) is 16.1 Å². The summed E-state index contributed by atoms with van der Waals surface area (Å²) in [5.74, 6) is -1.48. The van der Waals surface area contributed by atoms with Gasteiger partial charge in [0.05, 0.1) is 11.4 Å². The fraction of sp³-hybridized carbons (Fsp3) is 0.227. The van der Waals surface area contributed by atoms with E-state index in [1.165, 1.54) is 33.8 Å². The summed E-state index contributed by atoms with van der Waals surface area (Å²) in [5, 5.41) is 4.26. The van der Waals surface area contributed by atoms with Crippen LogP contribution in [0.5, 0.6) is 0 Å². The molecule has 0 atom stereocenters. The van der Waals surface area contributed by atoms with Crippen LogP contribution >= 0.6 is 11.6 Å². The molecule has 30 heavy (non-hydrogen) atoms. The Morgan fingerprint density at radius 2 is 1.80 bits per heavy atom. The van der Waals surface area contributed by atoms with Crippen molar-refractivity contribution >= 4 is 23.5 Å². The minimum Gasteiger partial charge on any atom is -0.452 e. The molecule has 0 fully saturated rings. The quantitative estimate of drug-likeness (QED) is 0.553. The molecule has 156 valence electrons. The van der Waals surface area contributed by atoms with E-state index in [2.05, 4.69) is 5.10 Å². The van der Waals surface area contributed by atoms with Gasteiger partial charge in [-0.05, 0) is 49.2 Å². The van der Waals surface area contributed by atoms with E-state index in [1.54, 1.807) is 14.0 Å². The Balaban J connectivity index is 1.67. The Hall–Kier alpha value is -3.19. The average molecular weight is 430 g/mol. The third-order valence-electron chi connectivity index (χ3n) is 4.70. The average Bonchev–Trinajstić information content (AvgIpc) is 3.02. The molecule has 3 aromatic rings. The fourth-order valence-electron chi connectivity index (χ4n) is 2.93. The van der Waals surface area contributed by atoms with E-state index in [-0.39, 0.29) is 16.6 Å². The van der Waals surface area contributed by atoms with Crippen LogP contribution in [0.15, 0.2) is 48.5 Å². The molecule has 3 rings (SSSR count). The molecule has 0 radical (unpaired) electrons. The van der Waals surface area contributed by atoms with E-state index in [9.17, 15) is 14.0 Å². The third kappa shape index (κ3) is 4.68. The molecule has 1 heterocycles. The van der Waals surface area contributed by atoms with Crippen molar-refractivity contribution in [1.29, 1.82) is 0 Å². The minimum atomic E-state index is -0.747. The zero-order valence-corrected chi connectivity index (χ0v) is 17.6. The van der Waals surface area contributed by atoms with Gasteiger partial charge in [-0.15, -0.1) is 0 Å². The number of hydrogen-bond acceptors (Lipinski definition) is 4. The molecule has 1 amide bonds. The topological polar surface area (TPSA) is 64.4 Å². The summed E-state index contributed by atoms with van der Waals surface area (Å²) in [6.45, 7) is 3.57. The number of aromatic nitrogens is 2. The predicted octanol–water partition coefficient (Wildman–Crippen LogP) is 4.10. The summed E-state index contributed by atoms with van der Waals surface area (Å²) in [7, 11) is 1.65. The summed E-state index contributed by atoms with van der Waals surface area (Å²) >= 11 is 6.31. The highest BCUT2D eigenvalue weighted by atomic mass is 35.5. The van der Waals surface area contributed by atoms with Crippen LogP contribution in [0.4, 0.5) is 4.39 Å². The number of carbonyl (C=O) groups is 2. The second-order valence-electron chi connectivity index (χ2n) is 6.89. The molecular formula is C22H21ClFN3O3. The van der Waals surface area contributed by atoms with Gasteiger partial charge in [0, 0.05) is 13.6 Å². The number of halogens is 2. The zero-order chi connectivity index (χ0) is 21.8. The van der Waals surface area contributed by atoms with Crippen molar-refractivity contribution in [2.45, 2.75) is 20.4 Å². The van der Waals surface area contributed by atoms with Crippen molar-refractivity contribution in [3.05, 3.63) is 81.9 Å². The molecule has 0 unspecified atom stereocenters. The first-order chi connectivity index (χ1) is 14.3. The van der Waals surface area contributed by atoms with Gasteiger partial charge in [-0.3, -0.25) is 4.79 Å². The number of nitrogens with zero attached hydrogens (tertiary/aromatic N) is 3.